The third kappa shape index (κ3) is 3.04. The molecule has 0 amide bonds. The lowest BCUT2D eigenvalue weighted by molar-refractivity contribution is 0.0695. The van der Waals surface area contributed by atoms with Crippen LogP contribution < -0.4 is 21.4 Å². The maximum absolute atomic E-state index is 15.4. The molecule has 4 N–H and O–H groups in total. The van der Waals surface area contributed by atoms with Gasteiger partial charge < -0.3 is 30.4 Å². The van der Waals surface area contributed by atoms with Gasteiger partial charge in [0.05, 0.1) is 39.4 Å². The van der Waals surface area contributed by atoms with E-state index in [2.05, 4.69) is 5.32 Å². The van der Waals surface area contributed by atoms with E-state index in [0.717, 1.165) is 12.8 Å². The van der Waals surface area contributed by atoms with Crippen LogP contribution in [0, 0.1) is 5.82 Å². The van der Waals surface area contributed by atoms with Crippen molar-refractivity contribution >= 4 is 39.8 Å². The van der Waals surface area contributed by atoms with Gasteiger partial charge in [0.2, 0.25) is 5.43 Å². The van der Waals surface area contributed by atoms with E-state index in [4.69, 9.17) is 22.1 Å². The minimum atomic E-state index is -1.38. The highest BCUT2D eigenvalue weighted by atomic mass is 35.5. The molecule has 2 fully saturated rings. The Morgan fingerprint density at radius 2 is 2.10 bits per heavy atom. The normalized spacial score (nSPS) is 21.9. The van der Waals surface area contributed by atoms with Gasteiger partial charge in [0.25, 0.3) is 0 Å². The highest BCUT2D eigenvalue weighted by Crippen LogP contribution is 2.45. The summed E-state index contributed by atoms with van der Waals surface area (Å²) in [5.74, 6) is -2.21. The zero-order valence-electron chi connectivity index (χ0n) is 16.0. The van der Waals surface area contributed by atoms with E-state index in [1.165, 1.54) is 6.20 Å². The summed E-state index contributed by atoms with van der Waals surface area (Å²) in [5.41, 5.74) is 4.75. The van der Waals surface area contributed by atoms with Crippen LogP contribution in [0.1, 0.15) is 29.2 Å². The largest absolute Gasteiger partial charge is 0.477 e. The molecule has 1 aliphatic heterocycles. The summed E-state index contributed by atoms with van der Waals surface area (Å²) in [6.45, 7) is 0.835. The Bertz CT molecular complexity index is 1060. The fraction of sp³-hybridized carbons (Fsp3) is 0.474. The Labute approximate surface area is 171 Å². The fourth-order valence-corrected chi connectivity index (χ4v) is 4.49. The van der Waals surface area contributed by atoms with E-state index in [1.807, 2.05) is 0 Å². The van der Waals surface area contributed by atoms with Crippen molar-refractivity contribution in [1.29, 1.82) is 0 Å². The van der Waals surface area contributed by atoms with E-state index in [9.17, 15) is 14.7 Å². The summed E-state index contributed by atoms with van der Waals surface area (Å²) in [4.78, 5) is 26.1. The number of nitrogens with zero attached hydrogens (tertiary/aromatic N) is 2. The molecule has 1 aromatic heterocycles. The summed E-state index contributed by atoms with van der Waals surface area (Å²) in [6.07, 6.45) is 2.75. The first kappa shape index (κ1) is 19.9. The number of carbonyl (C=O) groups is 1. The first-order valence-corrected chi connectivity index (χ1v) is 9.71. The number of hydrogen-bond acceptors (Lipinski definition) is 6. The van der Waals surface area contributed by atoms with Crippen molar-refractivity contribution in [1.82, 2.24) is 9.88 Å². The lowest BCUT2D eigenvalue weighted by Gasteiger charge is -2.24. The van der Waals surface area contributed by atoms with Crippen molar-refractivity contribution in [3.63, 3.8) is 0 Å². The maximum Gasteiger partial charge on any atom is 0.341 e. The number of carboxylic acid groups (broad SMARTS) is 1. The smallest absolute Gasteiger partial charge is 0.341 e. The lowest BCUT2D eigenvalue weighted by Crippen LogP contribution is -2.37. The van der Waals surface area contributed by atoms with Gasteiger partial charge in [0.1, 0.15) is 5.56 Å². The topological polar surface area (TPSA) is 110 Å². The molecule has 1 saturated carbocycles. The molecule has 2 aliphatic rings. The van der Waals surface area contributed by atoms with Gasteiger partial charge >= 0.3 is 5.97 Å². The van der Waals surface area contributed by atoms with Crippen molar-refractivity contribution in [2.45, 2.75) is 31.0 Å². The van der Waals surface area contributed by atoms with E-state index in [0.29, 0.717) is 13.1 Å². The molecule has 0 bridgehead atoms. The van der Waals surface area contributed by atoms with Gasteiger partial charge in [0, 0.05) is 32.4 Å². The molecule has 4 rings (SSSR count). The molecule has 0 spiro atoms. The summed E-state index contributed by atoms with van der Waals surface area (Å²) < 4.78 is 22.5. The minimum absolute atomic E-state index is 0.00164. The molecular formula is C19H22ClFN4O4. The average Bonchev–Trinajstić information content (AvgIpc) is 3.45. The van der Waals surface area contributed by atoms with Crippen LogP contribution in [-0.4, -0.2) is 55.0 Å². The van der Waals surface area contributed by atoms with E-state index >= 15 is 4.39 Å². The van der Waals surface area contributed by atoms with Gasteiger partial charge in [-0.2, -0.15) is 0 Å². The van der Waals surface area contributed by atoms with Crippen LogP contribution in [0.15, 0.2) is 11.0 Å². The molecule has 2 unspecified atom stereocenters. The molecule has 1 aliphatic carbocycles. The predicted molar refractivity (Wildman–Crippen MR) is 109 cm³/mol. The number of halogens is 2. The third-order valence-corrected chi connectivity index (χ3v) is 6.15. The maximum atomic E-state index is 15.4. The Hall–Kier alpha value is -2.36. The monoisotopic (exact) mass is 424 g/mol. The standard InChI is InChI=1S/C19H22ClFN4O4/c1-23-10-6-24(7-11(10)29-2)17-13(20)16-12(15(22)14(17)21)18(26)9(19(27)28)5-25(16)8-3-4-8/h5,8,10-11,23H,3-4,6-7,22H2,1-2H3,(H,27,28). The van der Waals surface area contributed by atoms with Crippen LogP contribution in [-0.2, 0) is 4.74 Å². The average molecular weight is 425 g/mol. The number of nitrogens with one attached hydrogen (secondary N) is 1. The van der Waals surface area contributed by atoms with Crippen LogP contribution in [0.25, 0.3) is 10.9 Å². The Balaban J connectivity index is 2.00. The number of fused-ring (bicyclic) bond motifs is 1. The SMILES string of the molecule is CNC1CN(c2c(F)c(N)c3c(=O)c(C(=O)O)cn(C4CC4)c3c2Cl)CC1OC. The molecule has 10 heteroatoms. The second-order valence-corrected chi connectivity index (χ2v) is 7.88. The van der Waals surface area contributed by atoms with Gasteiger partial charge in [-0.1, -0.05) is 11.6 Å². The third-order valence-electron chi connectivity index (χ3n) is 5.79. The zero-order valence-corrected chi connectivity index (χ0v) is 16.8. The van der Waals surface area contributed by atoms with Crippen molar-refractivity contribution in [3.8, 4) is 0 Å². The predicted octanol–water partition coefficient (Wildman–Crippen LogP) is 1.83. The molecule has 2 aromatic rings. The summed E-state index contributed by atoms with van der Waals surface area (Å²) in [6, 6.07) is -0.0332. The number of anilines is 2. The number of pyridine rings is 1. The molecule has 29 heavy (non-hydrogen) atoms. The van der Waals surface area contributed by atoms with Gasteiger partial charge in [-0.05, 0) is 19.9 Å². The Kier molecular flexibility index (Phi) is 4.92. The fourth-order valence-electron chi connectivity index (χ4n) is 4.10. The zero-order chi connectivity index (χ0) is 21.0. The Morgan fingerprint density at radius 3 is 2.62 bits per heavy atom. The van der Waals surface area contributed by atoms with Crippen molar-refractivity contribution < 1.29 is 19.0 Å². The second kappa shape index (κ2) is 7.16. The van der Waals surface area contributed by atoms with Gasteiger partial charge in [-0.15, -0.1) is 0 Å². The Morgan fingerprint density at radius 1 is 1.41 bits per heavy atom. The quantitative estimate of drug-likeness (QED) is 0.628. The number of aromatic carboxylic acids is 1. The molecular weight excluding hydrogens is 403 g/mol. The number of likely N-dealkylation sites (N-methyl/N-ethyl adjacent to an activating group) is 1. The lowest BCUT2D eigenvalue weighted by atomic mass is 10.1. The van der Waals surface area contributed by atoms with Crippen molar-refractivity contribution in [2.24, 2.45) is 0 Å². The highest BCUT2D eigenvalue weighted by Gasteiger charge is 2.37. The van der Waals surface area contributed by atoms with Crippen molar-refractivity contribution in [2.75, 3.05) is 37.9 Å². The van der Waals surface area contributed by atoms with Crippen LogP contribution in [0.2, 0.25) is 5.02 Å². The first-order valence-electron chi connectivity index (χ1n) is 9.33. The number of aromatic nitrogens is 1. The van der Waals surface area contributed by atoms with Gasteiger partial charge in [-0.3, -0.25) is 4.79 Å². The van der Waals surface area contributed by atoms with Crippen LogP contribution in [0.4, 0.5) is 15.8 Å². The van der Waals surface area contributed by atoms with Gasteiger partial charge in [-0.25, -0.2) is 9.18 Å². The molecule has 1 saturated heterocycles. The van der Waals surface area contributed by atoms with E-state index in [1.54, 1.807) is 23.6 Å². The molecule has 1 aromatic carbocycles. The number of nitrogens with two attached hydrogens (primary N) is 1. The summed E-state index contributed by atoms with van der Waals surface area (Å²) >= 11 is 6.66. The number of methoxy groups -OCH3 is 1. The van der Waals surface area contributed by atoms with E-state index < -0.39 is 22.8 Å². The van der Waals surface area contributed by atoms with E-state index in [-0.39, 0.29) is 45.5 Å². The number of nitrogen functional groups attached to an aromatic ring is 1. The minimum Gasteiger partial charge on any atom is -0.477 e. The molecule has 0 radical (unpaired) electrons. The number of hydrogen-bond donors (Lipinski definition) is 3. The number of carboxylic acids is 1. The van der Waals surface area contributed by atoms with Gasteiger partial charge in [0.15, 0.2) is 5.82 Å². The van der Waals surface area contributed by atoms with Crippen LogP contribution >= 0.6 is 11.6 Å². The highest BCUT2D eigenvalue weighted by molar-refractivity contribution is 6.38. The number of rotatable bonds is 5. The summed E-state index contributed by atoms with van der Waals surface area (Å²) in [7, 11) is 3.38. The molecule has 156 valence electrons. The summed E-state index contributed by atoms with van der Waals surface area (Å²) in [5, 5.41) is 12.4. The molecule has 2 heterocycles. The number of benzene rings is 1. The number of ether oxygens (including phenoxy) is 1. The van der Waals surface area contributed by atoms with Crippen LogP contribution in [0.3, 0.4) is 0 Å². The van der Waals surface area contributed by atoms with Crippen molar-refractivity contribution in [3.05, 3.63) is 32.8 Å². The molecule has 8 nitrogen and oxygen atoms in total. The van der Waals surface area contributed by atoms with Crippen LogP contribution in [0.5, 0.6) is 0 Å². The first-order chi connectivity index (χ1) is 13.8. The second-order valence-electron chi connectivity index (χ2n) is 7.50. The molecule has 2 atom stereocenters.